The maximum absolute atomic E-state index is 12.0. The van der Waals surface area contributed by atoms with Crippen LogP contribution in [0.3, 0.4) is 0 Å². The van der Waals surface area contributed by atoms with Gasteiger partial charge in [-0.3, -0.25) is 9.00 Å². The van der Waals surface area contributed by atoms with Crippen molar-refractivity contribution in [3.05, 3.63) is 21.3 Å². The van der Waals surface area contributed by atoms with Gasteiger partial charge in [-0.2, -0.15) is 0 Å². The Morgan fingerprint density at radius 3 is 2.59 bits per heavy atom. The second-order valence-electron chi connectivity index (χ2n) is 4.17. The first-order valence-electron chi connectivity index (χ1n) is 5.62. The lowest BCUT2D eigenvalue weighted by Gasteiger charge is -2.12. The second kappa shape index (κ2) is 6.66. The monoisotopic (exact) mass is 292 g/mol. The predicted octanol–water partition coefficient (Wildman–Crippen LogP) is 3.77. The normalized spacial score (nSPS) is 16.5. The zero-order valence-corrected chi connectivity index (χ0v) is 12.6. The first kappa shape index (κ1) is 14.9. The molecule has 3 atom stereocenters. The number of carbonyl (C=O) groups excluding carboxylic acids is 1. The Hall–Kier alpha value is -0.190. The molecule has 96 valence electrons. The van der Waals surface area contributed by atoms with Gasteiger partial charge in [0.15, 0.2) is 5.78 Å². The van der Waals surface area contributed by atoms with Gasteiger partial charge >= 0.3 is 0 Å². The van der Waals surface area contributed by atoms with Crippen LogP contribution in [0.25, 0.3) is 0 Å². The summed E-state index contributed by atoms with van der Waals surface area (Å²) < 4.78 is 12.6. The summed E-state index contributed by atoms with van der Waals surface area (Å²) in [4.78, 5) is 12.6. The molecule has 0 aliphatic rings. The molecule has 0 fully saturated rings. The summed E-state index contributed by atoms with van der Waals surface area (Å²) in [7, 11) is -1.10. The van der Waals surface area contributed by atoms with Crippen molar-refractivity contribution < 1.29 is 9.00 Å². The van der Waals surface area contributed by atoms with E-state index in [9.17, 15) is 9.00 Å². The molecular weight excluding hydrogens is 276 g/mol. The summed E-state index contributed by atoms with van der Waals surface area (Å²) in [6.07, 6.45) is 0.984. The molecule has 2 nitrogen and oxygen atoms in total. The number of ketones is 1. The lowest BCUT2D eigenvalue weighted by Crippen LogP contribution is -2.25. The van der Waals surface area contributed by atoms with Gasteiger partial charge in [-0.15, -0.1) is 11.3 Å². The fourth-order valence-electron chi connectivity index (χ4n) is 1.31. The van der Waals surface area contributed by atoms with E-state index in [-0.39, 0.29) is 5.78 Å². The van der Waals surface area contributed by atoms with Crippen LogP contribution in [0.5, 0.6) is 0 Å². The van der Waals surface area contributed by atoms with Crippen LogP contribution in [-0.2, 0) is 10.8 Å². The number of rotatable bonds is 6. The third kappa shape index (κ3) is 4.19. The predicted molar refractivity (Wildman–Crippen MR) is 75.6 cm³/mol. The van der Waals surface area contributed by atoms with Gasteiger partial charge in [0.1, 0.15) is 0 Å². The fraction of sp³-hybridized carbons (Fsp3) is 0.583. The van der Waals surface area contributed by atoms with Gasteiger partial charge < -0.3 is 0 Å². The Bertz CT molecular complexity index is 414. The standard InChI is InChI=1S/C12H17ClO2S2/c1-4-8(2)7-17(15)9(3)12(14)10-5-6-11(13)16-10/h5-6,8-9H,4,7H2,1-3H3. The minimum atomic E-state index is -1.10. The number of hydrogen-bond acceptors (Lipinski definition) is 3. The van der Waals surface area contributed by atoms with E-state index in [1.54, 1.807) is 19.1 Å². The molecule has 17 heavy (non-hydrogen) atoms. The molecule has 0 aliphatic carbocycles. The van der Waals surface area contributed by atoms with Crippen molar-refractivity contribution in [1.82, 2.24) is 0 Å². The molecular formula is C12H17ClO2S2. The summed E-state index contributed by atoms with van der Waals surface area (Å²) in [6, 6.07) is 3.40. The fourth-order valence-corrected chi connectivity index (χ4v) is 3.91. The highest BCUT2D eigenvalue weighted by molar-refractivity contribution is 7.86. The van der Waals surface area contributed by atoms with Gasteiger partial charge in [0.25, 0.3) is 0 Å². The number of Topliss-reactive ketones (excluding diaryl/α,β-unsaturated/α-hetero) is 1. The minimum Gasteiger partial charge on any atom is -0.292 e. The Balaban J connectivity index is 2.66. The highest BCUT2D eigenvalue weighted by Gasteiger charge is 2.23. The molecule has 0 radical (unpaired) electrons. The van der Waals surface area contributed by atoms with Crippen molar-refractivity contribution >= 4 is 39.5 Å². The van der Waals surface area contributed by atoms with E-state index in [0.29, 0.717) is 20.9 Å². The molecule has 1 aromatic rings. The topological polar surface area (TPSA) is 34.1 Å². The van der Waals surface area contributed by atoms with Crippen LogP contribution in [0.1, 0.15) is 36.9 Å². The molecule has 0 N–H and O–H groups in total. The Morgan fingerprint density at radius 1 is 1.47 bits per heavy atom. The van der Waals surface area contributed by atoms with E-state index in [0.717, 1.165) is 6.42 Å². The van der Waals surface area contributed by atoms with Gasteiger partial charge in [0.2, 0.25) is 0 Å². The van der Waals surface area contributed by atoms with E-state index in [2.05, 4.69) is 13.8 Å². The van der Waals surface area contributed by atoms with Gasteiger partial charge in [-0.05, 0) is 25.0 Å². The third-order valence-electron chi connectivity index (χ3n) is 2.73. The SMILES string of the molecule is CCC(C)CS(=O)C(C)C(=O)c1ccc(Cl)s1. The van der Waals surface area contributed by atoms with Crippen LogP contribution in [0, 0.1) is 5.92 Å². The van der Waals surface area contributed by atoms with Crippen LogP contribution in [0.15, 0.2) is 12.1 Å². The lowest BCUT2D eigenvalue weighted by atomic mass is 10.2. The largest absolute Gasteiger partial charge is 0.292 e. The molecule has 0 aliphatic heterocycles. The van der Waals surface area contributed by atoms with E-state index >= 15 is 0 Å². The maximum Gasteiger partial charge on any atom is 0.188 e. The van der Waals surface area contributed by atoms with Gasteiger partial charge in [0.05, 0.1) is 14.5 Å². The number of thiophene rings is 1. The van der Waals surface area contributed by atoms with Gasteiger partial charge in [0, 0.05) is 16.6 Å². The average Bonchev–Trinajstić information content (AvgIpc) is 2.73. The van der Waals surface area contributed by atoms with Crippen molar-refractivity contribution in [2.75, 3.05) is 5.75 Å². The molecule has 0 bridgehead atoms. The second-order valence-corrected chi connectivity index (χ2v) is 7.69. The summed E-state index contributed by atoms with van der Waals surface area (Å²) in [5.41, 5.74) is 0. The quantitative estimate of drug-likeness (QED) is 0.748. The van der Waals surface area contributed by atoms with E-state index in [4.69, 9.17) is 11.6 Å². The van der Waals surface area contributed by atoms with Crippen LogP contribution < -0.4 is 0 Å². The zero-order valence-electron chi connectivity index (χ0n) is 10.2. The Labute approximate surface area is 114 Å². The van der Waals surface area contributed by atoms with Crippen LogP contribution >= 0.6 is 22.9 Å². The molecule has 0 saturated carbocycles. The number of carbonyl (C=O) groups is 1. The maximum atomic E-state index is 12.0. The molecule has 1 rings (SSSR count). The molecule has 0 amide bonds. The van der Waals surface area contributed by atoms with Crippen molar-refractivity contribution in [1.29, 1.82) is 0 Å². The highest BCUT2D eigenvalue weighted by Crippen LogP contribution is 2.23. The Morgan fingerprint density at radius 2 is 2.12 bits per heavy atom. The molecule has 0 aromatic carbocycles. The van der Waals surface area contributed by atoms with Crippen LogP contribution in [0.4, 0.5) is 0 Å². The third-order valence-corrected chi connectivity index (χ3v) is 5.87. The Kier molecular flexibility index (Phi) is 5.83. The number of halogens is 1. The lowest BCUT2D eigenvalue weighted by molar-refractivity contribution is 0.0996. The number of hydrogen-bond donors (Lipinski definition) is 0. The summed E-state index contributed by atoms with van der Waals surface area (Å²) in [5, 5.41) is -0.446. The molecule has 0 saturated heterocycles. The van der Waals surface area contributed by atoms with Gasteiger partial charge in [-0.1, -0.05) is 31.9 Å². The van der Waals surface area contributed by atoms with Crippen LogP contribution in [0.2, 0.25) is 4.34 Å². The van der Waals surface area contributed by atoms with Crippen LogP contribution in [-0.4, -0.2) is 21.0 Å². The first-order valence-corrected chi connectivity index (χ1v) is 8.20. The summed E-state index contributed by atoms with van der Waals surface area (Å²) >= 11 is 7.03. The molecule has 1 heterocycles. The highest BCUT2D eigenvalue weighted by atomic mass is 35.5. The molecule has 1 aromatic heterocycles. The minimum absolute atomic E-state index is 0.0662. The van der Waals surface area contributed by atoms with Gasteiger partial charge in [-0.25, -0.2) is 0 Å². The molecule has 0 spiro atoms. The van der Waals surface area contributed by atoms with E-state index in [1.807, 2.05) is 0 Å². The smallest absolute Gasteiger partial charge is 0.188 e. The molecule has 5 heteroatoms. The summed E-state index contributed by atoms with van der Waals surface area (Å²) in [6.45, 7) is 5.85. The zero-order chi connectivity index (χ0) is 13.0. The van der Waals surface area contributed by atoms with E-state index in [1.165, 1.54) is 11.3 Å². The van der Waals surface area contributed by atoms with Crippen molar-refractivity contribution in [3.63, 3.8) is 0 Å². The summed E-state index contributed by atoms with van der Waals surface area (Å²) in [5.74, 6) is 0.907. The van der Waals surface area contributed by atoms with Crippen molar-refractivity contribution in [2.45, 2.75) is 32.4 Å². The molecule has 3 unspecified atom stereocenters. The van der Waals surface area contributed by atoms with Crippen molar-refractivity contribution in [2.24, 2.45) is 5.92 Å². The first-order chi connectivity index (χ1) is 7.95. The average molecular weight is 293 g/mol. The van der Waals surface area contributed by atoms with Crippen molar-refractivity contribution in [3.8, 4) is 0 Å². The van der Waals surface area contributed by atoms with E-state index < -0.39 is 16.0 Å².